The average molecular weight is 299 g/mol. The molecule has 1 aromatic heterocycles. The number of aromatic nitrogens is 2. The van der Waals surface area contributed by atoms with Crippen molar-refractivity contribution in [1.82, 2.24) is 9.78 Å². The van der Waals surface area contributed by atoms with E-state index in [1.54, 1.807) is 16.8 Å². The summed E-state index contributed by atoms with van der Waals surface area (Å²) >= 11 is 0. The van der Waals surface area contributed by atoms with Gasteiger partial charge in [-0.2, -0.15) is 5.10 Å². The van der Waals surface area contributed by atoms with Crippen LogP contribution in [0, 0.1) is 6.92 Å². The molecule has 114 valence electrons. The zero-order valence-electron chi connectivity index (χ0n) is 11.7. The van der Waals surface area contributed by atoms with Gasteiger partial charge in [0.25, 0.3) is 0 Å². The van der Waals surface area contributed by atoms with Crippen LogP contribution in [-0.4, -0.2) is 16.1 Å². The molecule has 0 amide bonds. The van der Waals surface area contributed by atoms with Gasteiger partial charge in [-0.3, -0.25) is 4.68 Å². The molecule has 4 nitrogen and oxygen atoms in total. The Bertz CT molecular complexity index is 608. The lowest BCUT2D eigenvalue weighted by Gasteiger charge is -2.14. The molecule has 2 rings (SSSR count). The van der Waals surface area contributed by atoms with Crippen LogP contribution in [0.25, 0.3) is 0 Å². The largest absolute Gasteiger partial charge is 0.573 e. The smallest absolute Gasteiger partial charge is 0.404 e. The third kappa shape index (κ3) is 4.14. The third-order valence-electron chi connectivity index (χ3n) is 2.86. The summed E-state index contributed by atoms with van der Waals surface area (Å²) < 4.78 is 42.8. The van der Waals surface area contributed by atoms with E-state index in [-0.39, 0.29) is 11.4 Å². The van der Waals surface area contributed by atoms with Crippen molar-refractivity contribution in [3.63, 3.8) is 0 Å². The van der Waals surface area contributed by atoms with Crippen molar-refractivity contribution >= 4 is 5.69 Å². The van der Waals surface area contributed by atoms with Crippen molar-refractivity contribution in [2.45, 2.75) is 33.3 Å². The zero-order chi connectivity index (χ0) is 15.5. The SMILES string of the molecule is CCn1nc(C)cc1CNc1ccccc1OC(F)(F)F. The molecule has 1 aromatic carbocycles. The van der Waals surface area contributed by atoms with Gasteiger partial charge in [0.05, 0.1) is 23.6 Å². The first-order chi connectivity index (χ1) is 9.89. The van der Waals surface area contributed by atoms with Gasteiger partial charge in [-0.25, -0.2) is 0 Å². The predicted molar refractivity (Wildman–Crippen MR) is 73.1 cm³/mol. The van der Waals surface area contributed by atoms with Gasteiger partial charge in [0.1, 0.15) is 0 Å². The molecule has 0 atom stereocenters. The van der Waals surface area contributed by atoms with E-state index in [1.807, 2.05) is 19.9 Å². The van der Waals surface area contributed by atoms with Crippen LogP contribution in [0.5, 0.6) is 5.75 Å². The lowest BCUT2D eigenvalue weighted by atomic mass is 10.3. The minimum atomic E-state index is -4.71. The van der Waals surface area contributed by atoms with Crippen molar-refractivity contribution in [3.05, 3.63) is 41.7 Å². The summed E-state index contributed by atoms with van der Waals surface area (Å²) in [5.74, 6) is -0.246. The highest BCUT2D eigenvalue weighted by atomic mass is 19.4. The van der Waals surface area contributed by atoms with Crippen LogP contribution in [0.2, 0.25) is 0 Å². The molecule has 7 heteroatoms. The van der Waals surface area contributed by atoms with Gasteiger partial charge in [-0.15, -0.1) is 13.2 Å². The molecule has 2 aromatic rings. The first-order valence-electron chi connectivity index (χ1n) is 6.51. The molecule has 0 fully saturated rings. The van der Waals surface area contributed by atoms with Gasteiger partial charge in [0, 0.05) is 6.54 Å². The number of nitrogens with zero attached hydrogens (tertiary/aromatic N) is 2. The Balaban J connectivity index is 2.13. The third-order valence-corrected chi connectivity index (χ3v) is 2.86. The topological polar surface area (TPSA) is 39.1 Å². The molecule has 0 unspecified atom stereocenters. The van der Waals surface area contributed by atoms with Crippen LogP contribution in [0.15, 0.2) is 30.3 Å². The van der Waals surface area contributed by atoms with E-state index in [2.05, 4.69) is 15.2 Å². The molecule has 0 radical (unpaired) electrons. The summed E-state index contributed by atoms with van der Waals surface area (Å²) in [5, 5.41) is 7.24. The average Bonchev–Trinajstić information content (AvgIpc) is 2.76. The van der Waals surface area contributed by atoms with Crippen molar-refractivity contribution in [1.29, 1.82) is 0 Å². The van der Waals surface area contributed by atoms with E-state index >= 15 is 0 Å². The maximum Gasteiger partial charge on any atom is 0.573 e. The molecular formula is C14H16F3N3O. The standard InChI is InChI=1S/C14H16F3N3O/c1-3-20-11(8-10(2)19-20)9-18-12-6-4-5-7-13(12)21-14(15,16)17/h4-8,18H,3,9H2,1-2H3. The lowest BCUT2D eigenvalue weighted by Crippen LogP contribution is -2.18. The Kier molecular flexibility index (Phi) is 4.40. The molecule has 21 heavy (non-hydrogen) atoms. The summed E-state index contributed by atoms with van der Waals surface area (Å²) in [4.78, 5) is 0. The Hall–Kier alpha value is -2.18. The molecule has 0 aliphatic rings. The maximum absolute atomic E-state index is 12.3. The van der Waals surface area contributed by atoms with Crippen LogP contribution in [0.4, 0.5) is 18.9 Å². The van der Waals surface area contributed by atoms with Crippen molar-refractivity contribution in [2.75, 3.05) is 5.32 Å². The number of para-hydroxylation sites is 2. The normalized spacial score (nSPS) is 11.5. The number of ether oxygens (including phenoxy) is 1. The molecular weight excluding hydrogens is 283 g/mol. The van der Waals surface area contributed by atoms with Crippen molar-refractivity contribution in [2.24, 2.45) is 0 Å². The molecule has 1 heterocycles. The number of benzene rings is 1. The Morgan fingerprint density at radius 1 is 1.29 bits per heavy atom. The molecule has 0 aliphatic heterocycles. The highest BCUT2D eigenvalue weighted by molar-refractivity contribution is 5.56. The second kappa shape index (κ2) is 6.07. The minimum absolute atomic E-state index is 0.246. The highest BCUT2D eigenvalue weighted by Crippen LogP contribution is 2.30. The number of rotatable bonds is 5. The number of anilines is 1. The molecule has 0 spiro atoms. The quantitative estimate of drug-likeness (QED) is 0.914. The van der Waals surface area contributed by atoms with Crippen LogP contribution < -0.4 is 10.1 Å². The van der Waals surface area contributed by atoms with Gasteiger partial charge in [0.2, 0.25) is 0 Å². The number of nitrogens with one attached hydrogen (secondary N) is 1. The monoisotopic (exact) mass is 299 g/mol. The second-order valence-corrected chi connectivity index (χ2v) is 4.49. The van der Waals surface area contributed by atoms with E-state index in [1.165, 1.54) is 12.1 Å². The first kappa shape index (κ1) is 15.2. The molecule has 0 bridgehead atoms. The van der Waals surface area contributed by atoms with E-state index in [4.69, 9.17) is 0 Å². The van der Waals surface area contributed by atoms with Crippen LogP contribution >= 0.6 is 0 Å². The number of halogens is 3. The van der Waals surface area contributed by atoms with E-state index < -0.39 is 6.36 Å². The molecule has 0 saturated heterocycles. The van der Waals surface area contributed by atoms with Gasteiger partial charge in [0.15, 0.2) is 5.75 Å². The van der Waals surface area contributed by atoms with Gasteiger partial charge in [-0.1, -0.05) is 12.1 Å². The Morgan fingerprint density at radius 3 is 2.67 bits per heavy atom. The van der Waals surface area contributed by atoms with Crippen LogP contribution in [0.3, 0.4) is 0 Å². The summed E-state index contributed by atoms with van der Waals surface area (Å²) in [7, 11) is 0. The van der Waals surface area contributed by atoms with Crippen LogP contribution in [0.1, 0.15) is 18.3 Å². The zero-order valence-corrected chi connectivity index (χ0v) is 11.7. The predicted octanol–water partition coefficient (Wildman–Crippen LogP) is 3.72. The lowest BCUT2D eigenvalue weighted by molar-refractivity contribution is -0.274. The Labute approximate surface area is 120 Å². The maximum atomic E-state index is 12.3. The van der Waals surface area contributed by atoms with Crippen molar-refractivity contribution < 1.29 is 17.9 Å². The number of aryl methyl sites for hydroxylation is 2. The number of alkyl halides is 3. The fraction of sp³-hybridized carbons (Fsp3) is 0.357. The van der Waals surface area contributed by atoms with E-state index in [9.17, 15) is 13.2 Å². The summed E-state index contributed by atoms with van der Waals surface area (Å²) in [5.41, 5.74) is 2.06. The number of hydrogen-bond acceptors (Lipinski definition) is 3. The van der Waals surface area contributed by atoms with E-state index in [0.29, 0.717) is 13.1 Å². The van der Waals surface area contributed by atoms with Crippen LogP contribution in [-0.2, 0) is 13.1 Å². The van der Waals surface area contributed by atoms with Gasteiger partial charge < -0.3 is 10.1 Å². The van der Waals surface area contributed by atoms with Gasteiger partial charge in [-0.05, 0) is 32.0 Å². The Morgan fingerprint density at radius 2 is 2.00 bits per heavy atom. The van der Waals surface area contributed by atoms with E-state index in [0.717, 1.165) is 11.4 Å². The summed E-state index contributed by atoms with van der Waals surface area (Å²) in [6.07, 6.45) is -4.71. The van der Waals surface area contributed by atoms with Crippen molar-refractivity contribution in [3.8, 4) is 5.75 Å². The minimum Gasteiger partial charge on any atom is -0.404 e. The number of hydrogen-bond donors (Lipinski definition) is 1. The molecule has 0 aliphatic carbocycles. The van der Waals surface area contributed by atoms with Gasteiger partial charge >= 0.3 is 6.36 Å². The second-order valence-electron chi connectivity index (χ2n) is 4.49. The molecule has 0 saturated carbocycles. The highest BCUT2D eigenvalue weighted by Gasteiger charge is 2.32. The summed E-state index contributed by atoms with van der Waals surface area (Å²) in [6.45, 7) is 4.89. The first-order valence-corrected chi connectivity index (χ1v) is 6.51. The molecule has 1 N–H and O–H groups in total. The fourth-order valence-electron chi connectivity index (χ4n) is 2.03. The summed E-state index contributed by atoms with van der Waals surface area (Å²) in [6, 6.07) is 7.85. The fourth-order valence-corrected chi connectivity index (χ4v) is 2.03.